The van der Waals surface area contributed by atoms with Crippen molar-refractivity contribution in [2.75, 3.05) is 22.8 Å². The zero-order chi connectivity index (χ0) is 30.9. The molecule has 2 heterocycles. The largest absolute Gasteiger partial charge is 0.453 e. The molecule has 14 heteroatoms. The van der Waals surface area contributed by atoms with Gasteiger partial charge in [-0.3, -0.25) is 19.9 Å². The van der Waals surface area contributed by atoms with Crippen LogP contribution in [0, 0.1) is 5.92 Å². The molecule has 0 saturated heterocycles. The van der Waals surface area contributed by atoms with Crippen molar-refractivity contribution < 1.29 is 19.1 Å². The number of methoxy groups -OCH3 is 1. The quantitative estimate of drug-likeness (QED) is 0.0838. The van der Waals surface area contributed by atoms with E-state index in [1.807, 2.05) is 6.92 Å². The Morgan fingerprint density at radius 3 is 2.84 bits per heavy atom. The number of nitrogens with one attached hydrogen (secondary N) is 4. The average molecular weight is 606 g/mol. The molecule has 0 fully saturated rings. The van der Waals surface area contributed by atoms with Gasteiger partial charge in [-0.15, -0.1) is 5.10 Å². The molecule has 1 aliphatic heterocycles. The number of imidazole rings is 1. The second-order valence-electron chi connectivity index (χ2n) is 9.75. The number of aromatic nitrogens is 2. The molecule has 4 rings (SSSR count). The summed E-state index contributed by atoms with van der Waals surface area (Å²) < 4.78 is 4.67. The molecule has 224 valence electrons. The highest BCUT2D eigenvalue weighted by Gasteiger charge is 2.23. The first kappa shape index (κ1) is 30.9. The number of fused-ring (bicyclic) bond motifs is 4. The number of nitrogens with two attached hydrogens (primary N) is 1. The van der Waals surface area contributed by atoms with E-state index in [9.17, 15) is 14.4 Å². The van der Waals surface area contributed by atoms with Gasteiger partial charge in [0.05, 0.1) is 30.2 Å². The molecule has 13 nitrogen and oxygen atoms in total. The van der Waals surface area contributed by atoms with E-state index in [1.165, 1.54) is 24.5 Å². The van der Waals surface area contributed by atoms with E-state index in [0.29, 0.717) is 64.0 Å². The van der Waals surface area contributed by atoms with E-state index in [-0.39, 0.29) is 17.7 Å². The summed E-state index contributed by atoms with van der Waals surface area (Å²) in [4.78, 5) is 45.8. The highest BCUT2D eigenvalue weighted by molar-refractivity contribution is 6.30. The molecule has 3 aromatic rings. The molecule has 3 amide bonds. The molecule has 1 aliphatic rings. The Hall–Kier alpha value is -5.01. The summed E-state index contributed by atoms with van der Waals surface area (Å²) in [5.74, 6) is 5.76. The number of carbonyl (C=O) groups excluding carboxylic acids is 3. The molecule has 6 N–H and O–H groups in total. The van der Waals surface area contributed by atoms with Crippen LogP contribution in [0.3, 0.4) is 0 Å². The van der Waals surface area contributed by atoms with Gasteiger partial charge in [0, 0.05) is 46.7 Å². The van der Waals surface area contributed by atoms with Crippen molar-refractivity contribution >= 4 is 65.7 Å². The minimum absolute atomic E-state index is 0.170. The summed E-state index contributed by atoms with van der Waals surface area (Å²) in [5, 5.41) is 17.4. The molecule has 2 atom stereocenters. The Morgan fingerprint density at radius 1 is 1.26 bits per heavy atom. The maximum Gasteiger partial charge on any atom is 0.411 e. The van der Waals surface area contributed by atoms with Crippen LogP contribution in [-0.2, 0) is 14.3 Å². The van der Waals surface area contributed by atoms with Crippen molar-refractivity contribution in [1.29, 1.82) is 0 Å². The minimum atomic E-state index is -0.631. The number of aromatic amines is 1. The standard InChI is InChI=1S/C29H32ClN9O4/c1-17-5-4-6-22(36-26(40)12-7-18-13-19(30)8-11-25(18)39(31)16-34-32-2)27-33-15-24(37-27)21-10-9-20(35-29(42)43-3)14-23(21)38-28(17)41/h7-17,22H,2,4-6,31H2,1,3H3,(H,33,37)(H,35,42)(H,36,40)(H,38,41)/b12-7+,34-16-/t17-,22+/m1/s1. The lowest BCUT2D eigenvalue weighted by Gasteiger charge is -2.19. The van der Waals surface area contributed by atoms with Gasteiger partial charge in [0.25, 0.3) is 0 Å². The average Bonchev–Trinajstić information content (AvgIpc) is 3.48. The molecule has 0 unspecified atom stereocenters. The second kappa shape index (κ2) is 14.2. The summed E-state index contributed by atoms with van der Waals surface area (Å²) in [6.07, 6.45) is 7.10. The second-order valence-corrected chi connectivity index (χ2v) is 10.2. The molecule has 0 radical (unpaired) electrons. The van der Waals surface area contributed by atoms with Gasteiger partial charge >= 0.3 is 6.09 Å². The number of benzene rings is 2. The van der Waals surface area contributed by atoms with Gasteiger partial charge in [0.15, 0.2) is 0 Å². The van der Waals surface area contributed by atoms with E-state index in [2.05, 4.69) is 42.6 Å². The maximum absolute atomic E-state index is 13.1. The summed E-state index contributed by atoms with van der Waals surface area (Å²) >= 11 is 6.18. The fourth-order valence-corrected chi connectivity index (χ4v) is 4.68. The number of H-pyrrole nitrogens is 1. The lowest BCUT2D eigenvalue weighted by atomic mass is 9.99. The molecular formula is C29H32ClN9O4. The normalized spacial score (nSPS) is 16.9. The predicted molar refractivity (Wildman–Crippen MR) is 168 cm³/mol. The van der Waals surface area contributed by atoms with Gasteiger partial charge < -0.3 is 20.4 Å². The van der Waals surface area contributed by atoms with Gasteiger partial charge in [-0.1, -0.05) is 24.9 Å². The summed E-state index contributed by atoms with van der Waals surface area (Å²) in [5.41, 5.74) is 3.24. The van der Waals surface area contributed by atoms with E-state index in [1.54, 1.807) is 48.7 Å². The van der Waals surface area contributed by atoms with Crippen LogP contribution in [0.4, 0.5) is 21.9 Å². The third kappa shape index (κ3) is 8.05. The number of halogens is 1. The first-order chi connectivity index (χ1) is 20.7. The highest BCUT2D eigenvalue weighted by atomic mass is 35.5. The lowest BCUT2D eigenvalue weighted by molar-refractivity contribution is -0.120. The Bertz CT molecular complexity index is 1570. The molecule has 0 spiro atoms. The number of nitrogens with zero attached hydrogens (tertiary/aromatic N) is 4. The number of rotatable bonds is 7. The maximum atomic E-state index is 13.1. The van der Waals surface area contributed by atoms with Crippen molar-refractivity contribution in [3.05, 3.63) is 65.1 Å². The molecule has 0 aliphatic carbocycles. The van der Waals surface area contributed by atoms with Crippen molar-refractivity contribution in [2.45, 2.75) is 32.2 Å². The van der Waals surface area contributed by atoms with Crippen LogP contribution in [-0.4, -0.2) is 48.0 Å². The van der Waals surface area contributed by atoms with Crippen LogP contribution in [0.5, 0.6) is 0 Å². The molecule has 43 heavy (non-hydrogen) atoms. The van der Waals surface area contributed by atoms with E-state index < -0.39 is 12.1 Å². The number of carbonyl (C=O) groups is 3. The van der Waals surface area contributed by atoms with Crippen LogP contribution >= 0.6 is 11.6 Å². The Morgan fingerprint density at radius 2 is 2.07 bits per heavy atom. The Kier molecular flexibility index (Phi) is 10.3. The Labute approximate surface area is 253 Å². The summed E-state index contributed by atoms with van der Waals surface area (Å²) in [6.45, 7) is 5.13. The predicted octanol–water partition coefficient (Wildman–Crippen LogP) is 4.86. The van der Waals surface area contributed by atoms with Crippen molar-refractivity contribution in [2.24, 2.45) is 22.0 Å². The molecule has 1 aromatic heterocycles. The fraction of sp³-hybridized carbons (Fsp3) is 0.241. The number of hydrogen-bond donors (Lipinski definition) is 5. The summed E-state index contributed by atoms with van der Waals surface area (Å²) in [6, 6.07) is 9.64. The molecule has 2 bridgehead atoms. The summed E-state index contributed by atoms with van der Waals surface area (Å²) in [7, 11) is 1.27. The van der Waals surface area contributed by atoms with Crippen molar-refractivity contribution in [1.82, 2.24) is 15.3 Å². The van der Waals surface area contributed by atoms with Crippen molar-refractivity contribution in [3.8, 4) is 11.3 Å². The van der Waals surface area contributed by atoms with Crippen LogP contribution in [0.25, 0.3) is 17.3 Å². The highest BCUT2D eigenvalue weighted by Crippen LogP contribution is 2.33. The molecule has 0 saturated carbocycles. The van der Waals surface area contributed by atoms with Gasteiger partial charge in [-0.05, 0) is 55.3 Å². The number of anilines is 3. The van der Waals surface area contributed by atoms with Gasteiger partial charge in [0.2, 0.25) is 11.8 Å². The zero-order valence-electron chi connectivity index (χ0n) is 23.6. The number of hydrogen-bond acceptors (Lipinski definition) is 8. The first-order valence-electron chi connectivity index (χ1n) is 13.3. The van der Waals surface area contributed by atoms with E-state index in [4.69, 9.17) is 22.4 Å². The van der Waals surface area contributed by atoms with Gasteiger partial charge in [-0.2, -0.15) is 5.10 Å². The van der Waals surface area contributed by atoms with E-state index >= 15 is 0 Å². The monoisotopic (exact) mass is 605 g/mol. The van der Waals surface area contributed by atoms with Gasteiger partial charge in [-0.25, -0.2) is 15.6 Å². The Balaban J connectivity index is 1.60. The molecule has 2 aromatic carbocycles. The number of amides is 3. The fourth-order valence-electron chi connectivity index (χ4n) is 4.50. The smallest absolute Gasteiger partial charge is 0.411 e. The zero-order valence-corrected chi connectivity index (χ0v) is 24.4. The third-order valence-electron chi connectivity index (χ3n) is 6.75. The lowest BCUT2D eigenvalue weighted by Crippen LogP contribution is -2.30. The number of ether oxygens (including phenoxy) is 1. The SMILES string of the molecule is C=N/N=C\N(N)c1ccc(Cl)cc1/C=C/C(=O)N[C@H]1CCC[C@@H](C)C(=O)Nc2cc(NC(=O)OC)ccc2-c2c[nH]c1n2. The number of hydrazine groups is 1. The van der Waals surface area contributed by atoms with Gasteiger partial charge in [0.1, 0.15) is 12.2 Å². The van der Waals surface area contributed by atoms with E-state index in [0.717, 1.165) is 0 Å². The third-order valence-corrected chi connectivity index (χ3v) is 6.98. The van der Waals surface area contributed by atoms with Crippen LogP contribution in [0.2, 0.25) is 5.02 Å². The van der Waals surface area contributed by atoms with Crippen LogP contribution in [0.15, 0.2) is 58.9 Å². The first-order valence-corrected chi connectivity index (χ1v) is 13.7. The topological polar surface area (TPSA) is 179 Å². The van der Waals surface area contributed by atoms with Crippen LogP contribution < -0.4 is 26.8 Å². The van der Waals surface area contributed by atoms with Crippen molar-refractivity contribution in [3.63, 3.8) is 0 Å². The minimum Gasteiger partial charge on any atom is -0.453 e. The molecular weight excluding hydrogens is 574 g/mol. The van der Waals surface area contributed by atoms with Crippen LogP contribution in [0.1, 0.15) is 43.6 Å².